The summed E-state index contributed by atoms with van der Waals surface area (Å²) in [5.41, 5.74) is 0. The first-order chi connectivity index (χ1) is 7.78. The van der Waals surface area contributed by atoms with E-state index in [1.807, 2.05) is 11.3 Å². The van der Waals surface area contributed by atoms with Gasteiger partial charge in [-0.1, -0.05) is 0 Å². The van der Waals surface area contributed by atoms with Gasteiger partial charge in [0.1, 0.15) is 0 Å². The minimum Gasteiger partial charge on any atom is -0.395 e. The number of thiophene rings is 1. The van der Waals surface area contributed by atoms with Crippen molar-refractivity contribution in [2.24, 2.45) is 0 Å². The van der Waals surface area contributed by atoms with Crippen LogP contribution in [0, 0.1) is 6.92 Å². The summed E-state index contributed by atoms with van der Waals surface area (Å²) in [6.07, 6.45) is 0. The third-order valence-corrected chi connectivity index (χ3v) is 4.04. The van der Waals surface area contributed by atoms with Crippen molar-refractivity contribution in [3.63, 3.8) is 0 Å². The Labute approximate surface area is 101 Å². The lowest BCUT2D eigenvalue weighted by atomic mass is 10.3. The SMILES string of the molecule is Cc1ccc(CN2CCN(CCO)CC2)s1. The van der Waals surface area contributed by atoms with E-state index in [9.17, 15) is 0 Å². The van der Waals surface area contributed by atoms with Crippen LogP contribution in [0.5, 0.6) is 0 Å². The highest BCUT2D eigenvalue weighted by Gasteiger charge is 2.16. The largest absolute Gasteiger partial charge is 0.395 e. The van der Waals surface area contributed by atoms with Gasteiger partial charge in [0.05, 0.1) is 6.61 Å². The van der Waals surface area contributed by atoms with E-state index >= 15 is 0 Å². The molecule has 1 aromatic heterocycles. The van der Waals surface area contributed by atoms with Crippen LogP contribution in [-0.4, -0.2) is 54.2 Å². The van der Waals surface area contributed by atoms with Crippen LogP contribution in [0.4, 0.5) is 0 Å². The average molecular weight is 240 g/mol. The van der Waals surface area contributed by atoms with Crippen molar-refractivity contribution in [3.05, 3.63) is 21.9 Å². The molecule has 0 atom stereocenters. The molecular weight excluding hydrogens is 220 g/mol. The van der Waals surface area contributed by atoms with E-state index in [0.29, 0.717) is 0 Å². The minimum absolute atomic E-state index is 0.282. The van der Waals surface area contributed by atoms with Crippen molar-refractivity contribution in [3.8, 4) is 0 Å². The zero-order chi connectivity index (χ0) is 11.4. The maximum atomic E-state index is 8.87. The Bertz CT molecular complexity index is 319. The Morgan fingerprint density at radius 2 is 1.88 bits per heavy atom. The van der Waals surface area contributed by atoms with Crippen LogP contribution in [-0.2, 0) is 6.54 Å². The van der Waals surface area contributed by atoms with Crippen LogP contribution in [0.25, 0.3) is 0 Å². The Hall–Kier alpha value is -0.420. The van der Waals surface area contributed by atoms with Crippen molar-refractivity contribution in [2.45, 2.75) is 13.5 Å². The fraction of sp³-hybridized carbons (Fsp3) is 0.667. The first kappa shape index (κ1) is 12.0. The van der Waals surface area contributed by atoms with E-state index in [-0.39, 0.29) is 6.61 Å². The standard InChI is InChI=1S/C12H20N2OS/c1-11-2-3-12(16-11)10-14-6-4-13(5-7-14)8-9-15/h2-3,15H,4-10H2,1H3. The minimum atomic E-state index is 0.282. The summed E-state index contributed by atoms with van der Waals surface area (Å²) in [4.78, 5) is 7.69. The number of aliphatic hydroxyl groups is 1. The molecule has 0 aliphatic carbocycles. The fourth-order valence-corrected chi connectivity index (χ4v) is 3.04. The highest BCUT2D eigenvalue weighted by Crippen LogP contribution is 2.17. The molecule has 4 heteroatoms. The maximum absolute atomic E-state index is 8.87. The van der Waals surface area contributed by atoms with Gasteiger partial charge in [0.2, 0.25) is 0 Å². The molecule has 3 nitrogen and oxygen atoms in total. The van der Waals surface area contributed by atoms with Gasteiger partial charge in [-0.15, -0.1) is 11.3 Å². The molecule has 0 amide bonds. The Morgan fingerprint density at radius 3 is 2.44 bits per heavy atom. The number of hydrogen-bond donors (Lipinski definition) is 1. The van der Waals surface area contributed by atoms with Crippen LogP contribution >= 0.6 is 11.3 Å². The second kappa shape index (κ2) is 5.77. The number of aliphatic hydroxyl groups excluding tert-OH is 1. The van der Waals surface area contributed by atoms with Crippen LogP contribution in [0.2, 0.25) is 0 Å². The second-order valence-corrected chi connectivity index (χ2v) is 5.73. The first-order valence-corrected chi connectivity index (χ1v) is 6.70. The van der Waals surface area contributed by atoms with Gasteiger partial charge in [0.25, 0.3) is 0 Å². The highest BCUT2D eigenvalue weighted by molar-refractivity contribution is 7.11. The van der Waals surface area contributed by atoms with Crippen LogP contribution in [0.1, 0.15) is 9.75 Å². The van der Waals surface area contributed by atoms with Gasteiger partial charge in [0.15, 0.2) is 0 Å². The van der Waals surface area contributed by atoms with Crippen LogP contribution in [0.3, 0.4) is 0 Å². The lowest BCUT2D eigenvalue weighted by Gasteiger charge is -2.34. The summed E-state index contributed by atoms with van der Waals surface area (Å²) < 4.78 is 0. The molecule has 2 rings (SSSR count). The lowest BCUT2D eigenvalue weighted by molar-refractivity contribution is 0.109. The molecule has 0 saturated carbocycles. The molecule has 0 unspecified atom stereocenters. The van der Waals surface area contributed by atoms with Gasteiger partial charge in [-0.3, -0.25) is 9.80 Å². The Kier molecular flexibility index (Phi) is 4.35. The van der Waals surface area contributed by atoms with Gasteiger partial charge in [-0.05, 0) is 19.1 Å². The summed E-state index contributed by atoms with van der Waals surface area (Å²) >= 11 is 1.90. The van der Waals surface area contributed by atoms with E-state index in [1.165, 1.54) is 9.75 Å². The highest BCUT2D eigenvalue weighted by atomic mass is 32.1. The van der Waals surface area contributed by atoms with Gasteiger partial charge in [-0.25, -0.2) is 0 Å². The molecule has 0 bridgehead atoms. The molecule has 90 valence electrons. The maximum Gasteiger partial charge on any atom is 0.0558 e. The average Bonchev–Trinajstić information content (AvgIpc) is 2.67. The molecule has 1 fully saturated rings. The first-order valence-electron chi connectivity index (χ1n) is 5.89. The molecule has 1 saturated heterocycles. The van der Waals surface area contributed by atoms with E-state index in [0.717, 1.165) is 39.3 Å². The molecule has 1 aliphatic rings. The van der Waals surface area contributed by atoms with Crippen molar-refractivity contribution in [1.29, 1.82) is 0 Å². The van der Waals surface area contributed by atoms with E-state index in [1.54, 1.807) is 0 Å². The number of β-amino-alcohol motifs (C(OH)–C–C–N with tert-alkyl or cyclic N) is 1. The number of nitrogens with zero attached hydrogens (tertiary/aromatic N) is 2. The third kappa shape index (κ3) is 3.28. The number of rotatable bonds is 4. The Morgan fingerprint density at radius 1 is 1.19 bits per heavy atom. The lowest BCUT2D eigenvalue weighted by Crippen LogP contribution is -2.46. The molecule has 1 aliphatic heterocycles. The van der Waals surface area contributed by atoms with Gasteiger partial charge in [0, 0.05) is 49.0 Å². The van der Waals surface area contributed by atoms with E-state index in [2.05, 4.69) is 28.9 Å². The molecule has 0 spiro atoms. The Balaban J connectivity index is 1.77. The van der Waals surface area contributed by atoms with Gasteiger partial charge in [-0.2, -0.15) is 0 Å². The topological polar surface area (TPSA) is 26.7 Å². The van der Waals surface area contributed by atoms with Crippen LogP contribution < -0.4 is 0 Å². The number of aryl methyl sites for hydroxylation is 1. The van der Waals surface area contributed by atoms with Gasteiger partial charge < -0.3 is 5.11 Å². The molecule has 1 N–H and O–H groups in total. The van der Waals surface area contributed by atoms with Gasteiger partial charge >= 0.3 is 0 Å². The predicted octanol–water partition coefficient (Wildman–Crippen LogP) is 1.17. The van der Waals surface area contributed by atoms with Crippen LogP contribution in [0.15, 0.2) is 12.1 Å². The molecule has 16 heavy (non-hydrogen) atoms. The van der Waals surface area contributed by atoms with Crippen molar-refractivity contribution >= 4 is 11.3 Å². The number of hydrogen-bond acceptors (Lipinski definition) is 4. The fourth-order valence-electron chi connectivity index (χ4n) is 2.10. The van der Waals surface area contributed by atoms with Crippen molar-refractivity contribution in [2.75, 3.05) is 39.3 Å². The monoisotopic (exact) mass is 240 g/mol. The molecule has 1 aromatic rings. The predicted molar refractivity (Wildman–Crippen MR) is 67.9 cm³/mol. The zero-order valence-corrected chi connectivity index (χ0v) is 10.7. The van der Waals surface area contributed by atoms with E-state index < -0.39 is 0 Å². The number of piperazine rings is 1. The molecule has 0 aromatic carbocycles. The van der Waals surface area contributed by atoms with Crippen molar-refractivity contribution in [1.82, 2.24) is 9.80 Å². The molecular formula is C12H20N2OS. The summed E-state index contributed by atoms with van der Waals surface area (Å²) in [6, 6.07) is 4.43. The quantitative estimate of drug-likeness (QED) is 0.856. The summed E-state index contributed by atoms with van der Waals surface area (Å²) in [7, 11) is 0. The zero-order valence-electron chi connectivity index (χ0n) is 9.85. The smallest absolute Gasteiger partial charge is 0.0558 e. The van der Waals surface area contributed by atoms with E-state index in [4.69, 9.17) is 5.11 Å². The summed E-state index contributed by atoms with van der Waals surface area (Å²) in [6.45, 7) is 8.78. The summed E-state index contributed by atoms with van der Waals surface area (Å²) in [5, 5.41) is 8.87. The molecule has 2 heterocycles. The van der Waals surface area contributed by atoms with Crippen molar-refractivity contribution < 1.29 is 5.11 Å². The normalized spacial score (nSPS) is 19.1. The second-order valence-electron chi connectivity index (χ2n) is 4.35. The third-order valence-electron chi connectivity index (χ3n) is 3.06. The molecule has 0 radical (unpaired) electrons. The summed E-state index contributed by atoms with van der Waals surface area (Å²) in [5.74, 6) is 0.